The highest BCUT2D eigenvalue weighted by Gasteiger charge is 2.27. The van der Waals surface area contributed by atoms with Gasteiger partial charge in [0.2, 0.25) is 5.91 Å². The Balaban J connectivity index is 1.97. The zero-order chi connectivity index (χ0) is 21.8. The minimum atomic E-state index is -1.10. The number of carbonyl (C=O) groups is 1. The van der Waals surface area contributed by atoms with Crippen LogP contribution in [0.25, 0.3) is 10.9 Å². The third-order valence-corrected chi connectivity index (χ3v) is 4.36. The number of para-hydroxylation sites is 1. The van der Waals surface area contributed by atoms with E-state index in [9.17, 15) is 29.9 Å². The predicted octanol–water partition coefficient (Wildman–Crippen LogP) is 3.69. The highest BCUT2D eigenvalue weighted by atomic mass is 16.6. The van der Waals surface area contributed by atoms with Gasteiger partial charge in [-0.05, 0) is 22.9 Å². The topological polar surface area (TPSA) is 173 Å². The summed E-state index contributed by atoms with van der Waals surface area (Å²) in [4.78, 5) is 46.9. The van der Waals surface area contributed by atoms with Crippen molar-refractivity contribution in [3.05, 3.63) is 73.3 Å². The fourth-order valence-electron chi connectivity index (χ4n) is 3.09. The largest absolute Gasteiger partial charge is 0.361 e. The Bertz CT molecular complexity index is 1160. The molecule has 0 saturated carbocycles. The van der Waals surface area contributed by atoms with Crippen molar-refractivity contribution in [2.24, 2.45) is 5.18 Å². The van der Waals surface area contributed by atoms with Gasteiger partial charge in [0.1, 0.15) is 11.4 Å². The maximum absolute atomic E-state index is 11.4. The van der Waals surface area contributed by atoms with E-state index in [4.69, 9.17) is 0 Å². The number of benzene rings is 2. The number of carbonyl (C=O) groups excluding carboxylic acids is 1. The molecule has 0 aliphatic rings. The molecule has 1 atom stereocenters. The van der Waals surface area contributed by atoms with Crippen LogP contribution in [0.1, 0.15) is 12.5 Å². The van der Waals surface area contributed by atoms with E-state index in [0.717, 1.165) is 35.5 Å². The van der Waals surface area contributed by atoms with E-state index in [-0.39, 0.29) is 17.8 Å². The highest BCUT2D eigenvalue weighted by Crippen LogP contribution is 2.36. The number of nitro groups is 2. The van der Waals surface area contributed by atoms with E-state index >= 15 is 0 Å². The molecule has 0 saturated heterocycles. The Hall–Kier alpha value is -4.35. The highest BCUT2D eigenvalue weighted by molar-refractivity contribution is 5.93. The molecule has 30 heavy (non-hydrogen) atoms. The normalized spacial score (nSPS) is 11.6. The first kappa shape index (κ1) is 20.4. The van der Waals surface area contributed by atoms with Crippen molar-refractivity contribution in [3.63, 3.8) is 0 Å². The molecule has 0 aliphatic heterocycles. The number of aromatic nitrogens is 1. The zero-order valence-corrected chi connectivity index (χ0v) is 15.6. The van der Waals surface area contributed by atoms with Gasteiger partial charge in [0.05, 0.1) is 15.9 Å². The van der Waals surface area contributed by atoms with E-state index in [1.54, 1.807) is 6.20 Å². The molecular formula is C18H16N6O6. The summed E-state index contributed by atoms with van der Waals surface area (Å²) in [5.74, 6) is -0.596. The van der Waals surface area contributed by atoms with Gasteiger partial charge in [-0.25, -0.2) is 0 Å². The van der Waals surface area contributed by atoms with Crippen molar-refractivity contribution >= 4 is 39.6 Å². The molecule has 3 rings (SSSR count). The van der Waals surface area contributed by atoms with Crippen LogP contribution in [-0.4, -0.2) is 26.9 Å². The number of anilines is 2. The van der Waals surface area contributed by atoms with Crippen LogP contribution in [0.5, 0.6) is 0 Å². The standard InChI is InChI=1S/C18H16N6O6/c1-10(25)20-14-7-15(17(24(29)30)8-16(14)23(27)28)21-18(22-26)6-11-9-19-13-5-3-2-4-12(11)13/h2-5,7-9,18-19,21H,6H2,1H3,(H,20,25). The lowest BCUT2D eigenvalue weighted by atomic mass is 10.1. The summed E-state index contributed by atoms with van der Waals surface area (Å²) in [5.41, 5.74) is -0.0741. The molecule has 1 unspecified atom stereocenters. The molecule has 1 aromatic heterocycles. The summed E-state index contributed by atoms with van der Waals surface area (Å²) in [6, 6.07) is 9.16. The van der Waals surface area contributed by atoms with Gasteiger partial charge in [0.15, 0.2) is 6.17 Å². The number of fused-ring (bicyclic) bond motifs is 1. The SMILES string of the molecule is CC(=O)Nc1cc(NC(Cc2c[nH]c3ccccc23)N=O)c([N+](=O)[O-])cc1[N+](=O)[O-]. The maximum atomic E-state index is 11.4. The van der Waals surface area contributed by atoms with Crippen LogP contribution in [0.2, 0.25) is 0 Å². The van der Waals surface area contributed by atoms with Gasteiger partial charge in [-0.3, -0.25) is 25.0 Å². The lowest BCUT2D eigenvalue weighted by Crippen LogP contribution is -2.20. The molecule has 1 heterocycles. The summed E-state index contributed by atoms with van der Waals surface area (Å²) >= 11 is 0. The van der Waals surface area contributed by atoms with Gasteiger partial charge in [-0.15, -0.1) is 4.91 Å². The molecule has 3 N–H and O–H groups in total. The minimum absolute atomic E-state index is 0.108. The predicted molar refractivity (Wildman–Crippen MR) is 109 cm³/mol. The smallest absolute Gasteiger partial charge is 0.299 e. The zero-order valence-electron chi connectivity index (χ0n) is 15.6. The molecule has 3 aromatic rings. The van der Waals surface area contributed by atoms with Gasteiger partial charge >= 0.3 is 0 Å². The Morgan fingerprint density at radius 2 is 1.80 bits per heavy atom. The lowest BCUT2D eigenvalue weighted by Gasteiger charge is -2.14. The fraction of sp³-hybridized carbons (Fsp3) is 0.167. The van der Waals surface area contributed by atoms with Crippen molar-refractivity contribution in [1.29, 1.82) is 0 Å². The van der Waals surface area contributed by atoms with Gasteiger partial charge in [0.25, 0.3) is 11.4 Å². The molecule has 1 amide bonds. The quantitative estimate of drug-likeness (QED) is 0.287. The van der Waals surface area contributed by atoms with E-state index in [1.165, 1.54) is 0 Å². The van der Waals surface area contributed by atoms with Crippen LogP contribution in [0.15, 0.2) is 47.8 Å². The number of hydrogen-bond donors (Lipinski definition) is 3. The number of nitroso groups, excluding NO2 is 1. The molecule has 154 valence electrons. The number of hydrogen-bond acceptors (Lipinski definition) is 8. The first-order chi connectivity index (χ1) is 14.3. The van der Waals surface area contributed by atoms with Gasteiger partial charge in [0, 0.05) is 30.4 Å². The Morgan fingerprint density at radius 3 is 2.43 bits per heavy atom. The number of amides is 1. The van der Waals surface area contributed by atoms with Gasteiger partial charge < -0.3 is 15.6 Å². The van der Waals surface area contributed by atoms with Crippen molar-refractivity contribution < 1.29 is 14.6 Å². The van der Waals surface area contributed by atoms with E-state index in [1.807, 2.05) is 24.3 Å². The molecule has 0 aliphatic carbocycles. The molecule has 12 nitrogen and oxygen atoms in total. The average Bonchev–Trinajstić information content (AvgIpc) is 3.09. The van der Waals surface area contributed by atoms with Crippen LogP contribution in [0.3, 0.4) is 0 Å². The molecule has 0 fully saturated rings. The summed E-state index contributed by atoms with van der Waals surface area (Å²) in [7, 11) is 0. The van der Waals surface area contributed by atoms with Crippen LogP contribution >= 0.6 is 0 Å². The second kappa shape index (κ2) is 8.34. The van der Waals surface area contributed by atoms with Crippen LogP contribution in [0, 0.1) is 25.1 Å². The molecule has 12 heteroatoms. The third kappa shape index (κ3) is 4.22. The van der Waals surface area contributed by atoms with Crippen LogP contribution in [0.4, 0.5) is 22.7 Å². The minimum Gasteiger partial charge on any atom is -0.361 e. The first-order valence-electron chi connectivity index (χ1n) is 8.68. The number of nitro benzene ring substituents is 2. The van der Waals surface area contributed by atoms with Gasteiger partial charge in [-0.1, -0.05) is 18.2 Å². The lowest BCUT2D eigenvalue weighted by molar-refractivity contribution is -0.393. The van der Waals surface area contributed by atoms with Crippen LogP contribution < -0.4 is 10.6 Å². The Morgan fingerprint density at radius 1 is 1.13 bits per heavy atom. The van der Waals surface area contributed by atoms with Crippen molar-refractivity contribution in [1.82, 2.24) is 4.98 Å². The molecule has 0 spiro atoms. The molecule has 0 bridgehead atoms. The summed E-state index contributed by atoms with van der Waals surface area (Å²) in [6.07, 6.45) is 0.712. The third-order valence-electron chi connectivity index (χ3n) is 4.36. The maximum Gasteiger partial charge on any atom is 0.299 e. The first-order valence-corrected chi connectivity index (χ1v) is 8.68. The van der Waals surface area contributed by atoms with E-state index in [2.05, 4.69) is 20.8 Å². The second-order valence-electron chi connectivity index (χ2n) is 6.41. The summed E-state index contributed by atoms with van der Waals surface area (Å²) in [6.45, 7) is 1.14. The monoisotopic (exact) mass is 412 g/mol. The molecule has 2 aromatic carbocycles. The second-order valence-corrected chi connectivity index (χ2v) is 6.41. The summed E-state index contributed by atoms with van der Waals surface area (Å²) < 4.78 is 0. The van der Waals surface area contributed by atoms with Gasteiger partial charge in [-0.2, -0.15) is 0 Å². The van der Waals surface area contributed by atoms with Crippen molar-refractivity contribution in [2.45, 2.75) is 19.5 Å². The number of H-pyrrole nitrogens is 1. The fourth-order valence-corrected chi connectivity index (χ4v) is 3.09. The number of rotatable bonds is 8. The van der Waals surface area contributed by atoms with Crippen molar-refractivity contribution in [3.8, 4) is 0 Å². The molecular weight excluding hydrogens is 396 g/mol. The Labute approximate surface area is 168 Å². The molecule has 0 radical (unpaired) electrons. The number of nitrogens with one attached hydrogen (secondary N) is 3. The number of aromatic amines is 1. The Kier molecular flexibility index (Phi) is 5.67. The average molecular weight is 412 g/mol. The summed E-state index contributed by atoms with van der Waals surface area (Å²) in [5, 5.41) is 31.5. The van der Waals surface area contributed by atoms with E-state index in [0.29, 0.717) is 0 Å². The van der Waals surface area contributed by atoms with E-state index < -0.39 is 33.3 Å². The van der Waals surface area contributed by atoms with Crippen LogP contribution in [-0.2, 0) is 11.2 Å². The number of nitrogens with zero attached hydrogens (tertiary/aromatic N) is 3. The van der Waals surface area contributed by atoms with Crippen molar-refractivity contribution in [2.75, 3.05) is 10.6 Å².